The van der Waals surface area contributed by atoms with E-state index >= 15 is 0 Å². The van der Waals surface area contributed by atoms with Gasteiger partial charge >= 0.3 is 11.9 Å². The number of hydrogen-bond donors (Lipinski definition) is 0. The highest BCUT2D eigenvalue weighted by Crippen LogP contribution is 2.31. The van der Waals surface area contributed by atoms with Crippen LogP contribution in [0.15, 0.2) is 46.9 Å². The molecule has 0 spiro atoms. The van der Waals surface area contributed by atoms with Gasteiger partial charge < -0.3 is 23.5 Å². The SMILES string of the molecule is CC[C@@H]1C[C@H](CC)CN(CCCOc2ccc(C(=O)c3c(CCC(=O)OC)oc4ccc(C(=O)OC)cc34)cc2)C1. The molecule has 1 aromatic heterocycles. The number of aryl methyl sites for hydroxylation is 1. The Morgan fingerprint density at radius 2 is 1.61 bits per heavy atom. The van der Waals surface area contributed by atoms with E-state index in [1.54, 1.807) is 42.5 Å². The van der Waals surface area contributed by atoms with E-state index in [1.165, 1.54) is 46.6 Å². The van der Waals surface area contributed by atoms with Gasteiger partial charge in [-0.3, -0.25) is 9.59 Å². The van der Waals surface area contributed by atoms with Crippen molar-refractivity contribution in [3.05, 3.63) is 64.9 Å². The Morgan fingerprint density at radius 3 is 2.24 bits per heavy atom. The van der Waals surface area contributed by atoms with Gasteiger partial charge in [-0.1, -0.05) is 26.7 Å². The van der Waals surface area contributed by atoms with E-state index in [-0.39, 0.29) is 18.6 Å². The molecular weight excluding hydrogens is 522 g/mol. The number of furan rings is 1. The minimum absolute atomic E-state index is 0.0584. The first-order chi connectivity index (χ1) is 19.9. The molecule has 0 N–H and O–H groups in total. The van der Waals surface area contributed by atoms with Crippen LogP contribution in [0.4, 0.5) is 0 Å². The summed E-state index contributed by atoms with van der Waals surface area (Å²) in [4.78, 5) is 40.2. The second-order valence-corrected chi connectivity index (χ2v) is 10.8. The fraction of sp³-hybridized carbons (Fsp3) is 0.485. The van der Waals surface area contributed by atoms with Gasteiger partial charge in [-0.15, -0.1) is 0 Å². The maximum Gasteiger partial charge on any atom is 0.337 e. The summed E-state index contributed by atoms with van der Waals surface area (Å²) in [5.74, 6) is 1.47. The average Bonchev–Trinajstić information content (AvgIpc) is 3.38. The van der Waals surface area contributed by atoms with Crippen molar-refractivity contribution in [2.45, 2.75) is 52.4 Å². The predicted molar refractivity (Wildman–Crippen MR) is 156 cm³/mol. The molecule has 2 aromatic carbocycles. The fourth-order valence-electron chi connectivity index (χ4n) is 5.66. The molecule has 4 rings (SSSR count). The van der Waals surface area contributed by atoms with Gasteiger partial charge in [0.25, 0.3) is 0 Å². The summed E-state index contributed by atoms with van der Waals surface area (Å²) in [6, 6.07) is 11.9. The molecule has 41 heavy (non-hydrogen) atoms. The molecule has 2 heterocycles. The summed E-state index contributed by atoms with van der Waals surface area (Å²) in [6.07, 6.45) is 5.01. The van der Waals surface area contributed by atoms with Gasteiger partial charge in [0, 0.05) is 37.0 Å². The summed E-state index contributed by atoms with van der Waals surface area (Å²) in [5, 5.41) is 0.492. The lowest BCUT2D eigenvalue weighted by Gasteiger charge is -2.37. The number of rotatable bonds is 13. The van der Waals surface area contributed by atoms with Crippen LogP contribution >= 0.6 is 0 Å². The Bertz CT molecular complexity index is 1330. The minimum atomic E-state index is -0.514. The number of piperidine rings is 1. The molecule has 220 valence electrons. The summed E-state index contributed by atoms with van der Waals surface area (Å²) in [5.41, 5.74) is 1.52. The summed E-state index contributed by atoms with van der Waals surface area (Å²) < 4.78 is 21.6. The van der Waals surface area contributed by atoms with Gasteiger partial charge in [-0.2, -0.15) is 0 Å². The maximum atomic E-state index is 13.7. The first-order valence-electron chi connectivity index (χ1n) is 14.6. The van der Waals surface area contributed by atoms with Crippen LogP contribution in [0.3, 0.4) is 0 Å². The molecule has 0 amide bonds. The molecular formula is C33H41NO7. The molecule has 1 aliphatic rings. The highest BCUT2D eigenvalue weighted by atomic mass is 16.5. The van der Waals surface area contributed by atoms with Gasteiger partial charge in [0.2, 0.25) is 0 Å². The number of esters is 2. The van der Waals surface area contributed by atoms with Crippen LogP contribution in [0.5, 0.6) is 5.75 Å². The molecule has 0 unspecified atom stereocenters. The third-order valence-corrected chi connectivity index (χ3v) is 8.05. The number of ether oxygens (including phenoxy) is 3. The van der Waals surface area contributed by atoms with Crippen LogP contribution in [-0.2, 0) is 20.7 Å². The van der Waals surface area contributed by atoms with Crippen LogP contribution < -0.4 is 4.74 Å². The highest BCUT2D eigenvalue weighted by molar-refractivity contribution is 6.17. The van der Waals surface area contributed by atoms with Gasteiger partial charge in [0.05, 0.1) is 38.4 Å². The Balaban J connectivity index is 1.44. The first kappa shape index (κ1) is 30.3. The van der Waals surface area contributed by atoms with E-state index in [0.29, 0.717) is 45.8 Å². The molecule has 8 nitrogen and oxygen atoms in total. The summed E-state index contributed by atoms with van der Waals surface area (Å²) in [7, 11) is 2.62. The van der Waals surface area contributed by atoms with Crippen LogP contribution in [0.1, 0.15) is 78.0 Å². The standard InChI is InChI=1S/C33H41NO7/c1-5-22-18-23(6-2)21-34(20-22)16-7-17-40-26-11-8-24(9-12-26)32(36)31-27-19-25(33(37)39-4)10-13-28(27)41-29(31)14-15-30(35)38-3/h8-13,19,22-23H,5-7,14-18,20-21H2,1-4H3/t22-,23+. The predicted octanol–water partition coefficient (Wildman–Crippen LogP) is 6.08. The summed E-state index contributed by atoms with van der Waals surface area (Å²) in [6.45, 7) is 8.56. The number of fused-ring (bicyclic) bond motifs is 1. The fourth-order valence-corrected chi connectivity index (χ4v) is 5.66. The second kappa shape index (κ2) is 14.3. The maximum absolute atomic E-state index is 13.7. The average molecular weight is 564 g/mol. The van der Waals surface area contributed by atoms with E-state index in [1.807, 2.05) is 0 Å². The topological polar surface area (TPSA) is 95.3 Å². The van der Waals surface area contributed by atoms with Crippen molar-refractivity contribution < 1.29 is 33.0 Å². The Hall–Kier alpha value is -3.65. The zero-order valence-electron chi connectivity index (χ0n) is 24.6. The van der Waals surface area contributed by atoms with Crippen molar-refractivity contribution in [3.63, 3.8) is 0 Å². The van der Waals surface area contributed by atoms with Crippen molar-refractivity contribution in [1.82, 2.24) is 4.90 Å². The quantitative estimate of drug-likeness (QED) is 0.140. The largest absolute Gasteiger partial charge is 0.494 e. The van der Waals surface area contributed by atoms with Crippen molar-refractivity contribution in [2.24, 2.45) is 11.8 Å². The molecule has 1 fully saturated rings. The van der Waals surface area contributed by atoms with E-state index in [9.17, 15) is 14.4 Å². The lowest BCUT2D eigenvalue weighted by atomic mass is 9.86. The second-order valence-electron chi connectivity index (χ2n) is 10.8. The van der Waals surface area contributed by atoms with Crippen LogP contribution in [-0.4, -0.2) is 63.1 Å². The third kappa shape index (κ3) is 7.55. The van der Waals surface area contributed by atoms with Crippen molar-refractivity contribution in [2.75, 3.05) is 40.5 Å². The number of methoxy groups -OCH3 is 2. The lowest BCUT2D eigenvalue weighted by Crippen LogP contribution is -2.41. The molecule has 0 radical (unpaired) electrons. The zero-order valence-corrected chi connectivity index (χ0v) is 24.6. The van der Waals surface area contributed by atoms with Gasteiger partial charge in [-0.05, 0) is 67.1 Å². The van der Waals surface area contributed by atoms with Crippen molar-refractivity contribution in [1.29, 1.82) is 0 Å². The minimum Gasteiger partial charge on any atom is -0.494 e. The van der Waals surface area contributed by atoms with E-state index in [4.69, 9.17) is 18.6 Å². The number of likely N-dealkylation sites (tertiary alicyclic amines) is 1. The Morgan fingerprint density at radius 1 is 0.927 bits per heavy atom. The molecule has 0 bridgehead atoms. The molecule has 0 aliphatic carbocycles. The Kier molecular flexibility index (Phi) is 10.6. The molecule has 8 heteroatoms. The number of nitrogens with zero attached hydrogens (tertiary/aromatic N) is 1. The lowest BCUT2D eigenvalue weighted by molar-refractivity contribution is -0.140. The van der Waals surface area contributed by atoms with E-state index in [2.05, 4.69) is 18.7 Å². The van der Waals surface area contributed by atoms with Gasteiger partial charge in [0.1, 0.15) is 17.1 Å². The normalized spacial score (nSPS) is 17.4. The molecule has 1 saturated heterocycles. The molecule has 0 saturated carbocycles. The zero-order chi connectivity index (χ0) is 29.4. The van der Waals surface area contributed by atoms with E-state index < -0.39 is 11.9 Å². The molecule has 1 aliphatic heterocycles. The molecule has 3 aromatic rings. The summed E-state index contributed by atoms with van der Waals surface area (Å²) >= 11 is 0. The number of ketones is 1. The first-order valence-corrected chi connectivity index (χ1v) is 14.6. The van der Waals surface area contributed by atoms with Crippen LogP contribution in [0, 0.1) is 11.8 Å². The number of hydrogen-bond acceptors (Lipinski definition) is 8. The third-order valence-electron chi connectivity index (χ3n) is 8.05. The van der Waals surface area contributed by atoms with Crippen LogP contribution in [0.2, 0.25) is 0 Å². The van der Waals surface area contributed by atoms with Crippen molar-refractivity contribution >= 4 is 28.7 Å². The number of benzene rings is 2. The monoisotopic (exact) mass is 563 g/mol. The van der Waals surface area contributed by atoms with E-state index in [0.717, 1.165) is 24.8 Å². The molecule has 2 atom stereocenters. The highest BCUT2D eigenvalue weighted by Gasteiger charge is 2.26. The van der Waals surface area contributed by atoms with Crippen molar-refractivity contribution in [3.8, 4) is 5.75 Å². The van der Waals surface area contributed by atoms with Crippen LogP contribution in [0.25, 0.3) is 11.0 Å². The number of carbonyl (C=O) groups excluding carboxylic acids is 3. The smallest absolute Gasteiger partial charge is 0.337 e. The Labute approximate surface area is 241 Å². The van der Waals surface area contributed by atoms with Gasteiger partial charge in [0.15, 0.2) is 5.78 Å². The van der Waals surface area contributed by atoms with Gasteiger partial charge in [-0.25, -0.2) is 4.79 Å². The number of carbonyl (C=O) groups is 3.